The standard InChI is InChI=1S/C29H37N5O3S2/c1-19-16-21(27(35)33-13-4-3-6-24-23(33)9-15-39-24)7-8-22(19)17-31-29(37)34-18-20(2)26(38)25(34)28(36)32-12-5-10-30-11-14-32/h7-9,15-16,20,25,30H,3-6,10-14,17-18H2,1-2H3,(H,31,37)/t20?,25-/m0/s1. The van der Waals surface area contributed by atoms with Gasteiger partial charge in [-0.05, 0) is 73.9 Å². The van der Waals surface area contributed by atoms with E-state index >= 15 is 0 Å². The molecule has 0 aliphatic carbocycles. The lowest BCUT2D eigenvalue weighted by Crippen LogP contribution is -2.53. The van der Waals surface area contributed by atoms with Gasteiger partial charge in [0.05, 0.1) is 5.69 Å². The Morgan fingerprint density at radius 1 is 1.10 bits per heavy atom. The summed E-state index contributed by atoms with van der Waals surface area (Å²) in [5, 5.41) is 8.38. The van der Waals surface area contributed by atoms with Crippen molar-refractivity contribution in [3.63, 3.8) is 0 Å². The van der Waals surface area contributed by atoms with Crippen LogP contribution in [0, 0.1) is 12.8 Å². The summed E-state index contributed by atoms with van der Waals surface area (Å²) >= 11 is 7.36. The number of nitrogens with zero attached hydrogens (tertiary/aromatic N) is 3. The average Bonchev–Trinajstić information content (AvgIpc) is 3.29. The maximum atomic E-state index is 13.4. The number of rotatable bonds is 4. The van der Waals surface area contributed by atoms with E-state index in [0.29, 0.717) is 36.6 Å². The second kappa shape index (κ2) is 12.1. The van der Waals surface area contributed by atoms with Crippen molar-refractivity contribution in [1.29, 1.82) is 0 Å². The second-order valence-electron chi connectivity index (χ2n) is 10.7. The number of amides is 4. The van der Waals surface area contributed by atoms with Gasteiger partial charge >= 0.3 is 6.03 Å². The number of aryl methyl sites for hydroxylation is 2. The number of hydrogen-bond acceptors (Lipinski definition) is 6. The smallest absolute Gasteiger partial charge is 0.318 e. The molecule has 2 fully saturated rings. The van der Waals surface area contributed by atoms with Crippen molar-refractivity contribution < 1.29 is 14.4 Å². The summed E-state index contributed by atoms with van der Waals surface area (Å²) < 4.78 is 0. The highest BCUT2D eigenvalue weighted by atomic mass is 32.1. The Morgan fingerprint density at radius 3 is 2.77 bits per heavy atom. The summed E-state index contributed by atoms with van der Waals surface area (Å²) in [6, 6.07) is 6.73. The fourth-order valence-corrected chi connectivity index (χ4v) is 6.94. The van der Waals surface area contributed by atoms with Crippen molar-refractivity contribution in [3.05, 3.63) is 51.2 Å². The van der Waals surface area contributed by atoms with Gasteiger partial charge < -0.3 is 25.3 Å². The average molecular weight is 568 g/mol. The molecule has 2 atom stereocenters. The predicted octanol–water partition coefficient (Wildman–Crippen LogP) is 3.76. The number of thiophene rings is 1. The molecule has 39 heavy (non-hydrogen) atoms. The van der Waals surface area contributed by atoms with E-state index < -0.39 is 6.04 Å². The Morgan fingerprint density at radius 2 is 1.95 bits per heavy atom. The lowest BCUT2D eigenvalue weighted by atomic mass is 10.0. The third-order valence-electron chi connectivity index (χ3n) is 8.00. The summed E-state index contributed by atoms with van der Waals surface area (Å²) in [6.45, 7) is 8.33. The van der Waals surface area contributed by atoms with Crippen LogP contribution in [0.4, 0.5) is 10.5 Å². The minimum absolute atomic E-state index is 0.0138. The zero-order valence-electron chi connectivity index (χ0n) is 22.7. The van der Waals surface area contributed by atoms with Crippen LogP contribution in [0.1, 0.15) is 52.5 Å². The third-order valence-corrected chi connectivity index (χ3v) is 9.59. The molecule has 0 saturated carbocycles. The largest absolute Gasteiger partial charge is 0.339 e. The topological polar surface area (TPSA) is 85.0 Å². The van der Waals surface area contributed by atoms with Crippen molar-refractivity contribution in [2.45, 2.75) is 52.1 Å². The van der Waals surface area contributed by atoms with Gasteiger partial charge in [-0.15, -0.1) is 11.3 Å². The molecule has 1 unspecified atom stereocenters. The van der Waals surface area contributed by atoms with Gasteiger partial charge in [-0.25, -0.2) is 4.79 Å². The van der Waals surface area contributed by atoms with Crippen LogP contribution >= 0.6 is 23.6 Å². The molecule has 3 aliphatic heterocycles. The first-order valence-electron chi connectivity index (χ1n) is 13.9. The molecule has 0 spiro atoms. The molecule has 1 aromatic heterocycles. The first-order chi connectivity index (χ1) is 18.8. The molecule has 4 amide bonds. The Kier molecular flexibility index (Phi) is 8.64. The summed E-state index contributed by atoms with van der Waals surface area (Å²) in [6.07, 6.45) is 4.00. The number of carbonyl (C=O) groups excluding carboxylic acids is 3. The van der Waals surface area contributed by atoms with Crippen LogP contribution < -0.4 is 15.5 Å². The number of anilines is 1. The van der Waals surface area contributed by atoms with Gasteiger partial charge in [-0.3, -0.25) is 9.59 Å². The number of hydrogen-bond donors (Lipinski definition) is 2. The molecule has 2 saturated heterocycles. The summed E-state index contributed by atoms with van der Waals surface area (Å²) in [4.78, 5) is 47.4. The van der Waals surface area contributed by atoms with Crippen molar-refractivity contribution in [2.24, 2.45) is 5.92 Å². The van der Waals surface area contributed by atoms with E-state index in [1.54, 1.807) is 16.2 Å². The number of urea groups is 1. The van der Waals surface area contributed by atoms with E-state index in [-0.39, 0.29) is 23.8 Å². The maximum Gasteiger partial charge on any atom is 0.318 e. The Hall–Kier alpha value is -2.82. The first-order valence-corrected chi connectivity index (χ1v) is 15.2. The van der Waals surface area contributed by atoms with Crippen LogP contribution in [-0.2, 0) is 17.8 Å². The van der Waals surface area contributed by atoms with E-state index in [9.17, 15) is 14.4 Å². The first kappa shape index (κ1) is 27.7. The normalized spacial score (nSPS) is 21.8. The van der Waals surface area contributed by atoms with Crippen LogP contribution in [0.5, 0.6) is 0 Å². The minimum Gasteiger partial charge on any atom is -0.339 e. The van der Waals surface area contributed by atoms with Gasteiger partial charge in [-0.1, -0.05) is 25.2 Å². The molecule has 2 aromatic rings. The monoisotopic (exact) mass is 567 g/mol. The van der Waals surface area contributed by atoms with Gasteiger partial charge in [0.1, 0.15) is 6.04 Å². The highest BCUT2D eigenvalue weighted by Crippen LogP contribution is 2.32. The van der Waals surface area contributed by atoms with E-state index in [0.717, 1.165) is 62.1 Å². The fourth-order valence-electron chi connectivity index (χ4n) is 5.71. The molecule has 3 aliphatic rings. The van der Waals surface area contributed by atoms with Gasteiger partial charge in [0, 0.05) is 60.5 Å². The van der Waals surface area contributed by atoms with Gasteiger partial charge in [0.25, 0.3) is 11.8 Å². The van der Waals surface area contributed by atoms with Crippen molar-refractivity contribution >= 4 is 52.0 Å². The quantitative estimate of drug-likeness (QED) is 0.550. The van der Waals surface area contributed by atoms with Crippen molar-refractivity contribution in [3.8, 4) is 0 Å². The SMILES string of the molecule is Cc1cc(C(=O)N2CCCCc3sccc32)ccc1CNC(=O)N1CC(C)C(=S)[C@H]1C(=O)N1CCCNCC1. The van der Waals surface area contributed by atoms with Crippen LogP contribution in [0.3, 0.4) is 0 Å². The summed E-state index contributed by atoms with van der Waals surface area (Å²) in [5.74, 6) is -0.0797. The third kappa shape index (κ3) is 5.88. The lowest BCUT2D eigenvalue weighted by Gasteiger charge is -2.29. The van der Waals surface area contributed by atoms with Gasteiger partial charge in [-0.2, -0.15) is 0 Å². The Labute approximate surface area is 239 Å². The van der Waals surface area contributed by atoms with Gasteiger partial charge in [0.2, 0.25) is 0 Å². The summed E-state index contributed by atoms with van der Waals surface area (Å²) in [7, 11) is 0. The lowest BCUT2D eigenvalue weighted by molar-refractivity contribution is -0.133. The molecule has 4 heterocycles. The van der Waals surface area contributed by atoms with E-state index in [1.165, 1.54) is 4.88 Å². The molecule has 1 aromatic carbocycles. The molecule has 2 N–H and O–H groups in total. The molecular formula is C29H37N5O3S2. The summed E-state index contributed by atoms with van der Waals surface area (Å²) in [5.41, 5.74) is 3.56. The minimum atomic E-state index is -0.704. The molecule has 5 rings (SSSR count). The molecule has 0 radical (unpaired) electrons. The molecule has 208 valence electrons. The van der Waals surface area contributed by atoms with Crippen molar-refractivity contribution in [1.82, 2.24) is 20.4 Å². The number of thiocarbonyl (C=S) groups is 1. The number of benzene rings is 1. The molecule has 8 nitrogen and oxygen atoms in total. The Balaban J connectivity index is 1.25. The highest BCUT2D eigenvalue weighted by Gasteiger charge is 2.44. The van der Waals surface area contributed by atoms with E-state index in [1.807, 2.05) is 47.9 Å². The zero-order valence-corrected chi connectivity index (χ0v) is 24.3. The molecule has 10 heteroatoms. The van der Waals surface area contributed by atoms with Crippen LogP contribution in [-0.4, -0.2) is 77.8 Å². The number of carbonyl (C=O) groups is 3. The number of nitrogens with one attached hydrogen (secondary N) is 2. The Bertz CT molecular complexity index is 1250. The van der Waals surface area contributed by atoms with Crippen LogP contribution in [0.2, 0.25) is 0 Å². The fraction of sp³-hybridized carbons (Fsp3) is 0.517. The van der Waals surface area contributed by atoms with Gasteiger partial charge in [0.15, 0.2) is 0 Å². The molecule has 0 bridgehead atoms. The number of fused-ring (bicyclic) bond motifs is 1. The maximum absolute atomic E-state index is 13.4. The van der Waals surface area contributed by atoms with E-state index in [2.05, 4.69) is 16.0 Å². The second-order valence-corrected chi connectivity index (χ2v) is 12.2. The van der Waals surface area contributed by atoms with E-state index in [4.69, 9.17) is 12.2 Å². The zero-order chi connectivity index (χ0) is 27.5. The highest BCUT2D eigenvalue weighted by molar-refractivity contribution is 7.80. The number of likely N-dealkylation sites (tertiary alicyclic amines) is 1. The van der Waals surface area contributed by atoms with Crippen LogP contribution in [0.15, 0.2) is 29.6 Å². The predicted molar refractivity (Wildman–Crippen MR) is 159 cm³/mol. The van der Waals surface area contributed by atoms with Crippen molar-refractivity contribution in [2.75, 3.05) is 44.2 Å². The van der Waals surface area contributed by atoms with Crippen LogP contribution in [0.25, 0.3) is 0 Å². The molecular weight excluding hydrogens is 530 g/mol.